The van der Waals surface area contributed by atoms with Gasteiger partial charge in [0.15, 0.2) is 0 Å². The van der Waals surface area contributed by atoms with Gasteiger partial charge in [0.1, 0.15) is 0 Å². The first-order valence-corrected chi connectivity index (χ1v) is 0. The molecule has 0 aliphatic rings. The Morgan fingerprint density at radius 2 is 1.00 bits per heavy atom. The fourth-order valence-corrected chi connectivity index (χ4v) is 0. The van der Waals surface area contributed by atoms with Gasteiger partial charge in [-0.3, -0.25) is 0 Å². The summed E-state index contributed by atoms with van der Waals surface area (Å²) in [6.45, 7) is 0. The molecule has 0 heterocycles. The average Bonchev–Trinajstić information content (AvgIpc) is 0. The van der Waals surface area contributed by atoms with Gasteiger partial charge in [0.25, 0.3) is 0 Å². The molecule has 0 atom stereocenters. The zero-order valence-electron chi connectivity index (χ0n) is 2.09. The maximum atomic E-state index is 0. The van der Waals surface area contributed by atoms with Crippen LogP contribution in [-0.4, -0.2) is 49.8 Å². The monoisotopic (exact) mass is 362 g/mol. The van der Waals surface area contributed by atoms with Crippen LogP contribution >= 0.6 is 0 Å². The second kappa shape index (κ2) is 17.0. The Labute approximate surface area is 84.8 Å². The second-order valence-corrected chi connectivity index (χ2v) is 0. The molecule has 20 valence electrons. The Bertz CT molecular complexity index is 8.00. The number of hydrogen-bond acceptors (Lipinski definition) is 0. The normalized spacial score (nSPS) is 0. The Kier molecular flexibility index (Phi) is 124. The van der Waals surface area contributed by atoms with Crippen molar-refractivity contribution in [1.29, 1.82) is 0 Å². The molecule has 0 nitrogen and oxygen atoms in total. The first-order valence-electron chi connectivity index (χ1n) is 0. The standard InChI is InChI=1S/Cu.In.Sn.Zn. The minimum absolute atomic E-state index is 0. The van der Waals surface area contributed by atoms with E-state index in [2.05, 4.69) is 0 Å². The summed E-state index contributed by atoms with van der Waals surface area (Å²) in [5, 5.41) is 0. The van der Waals surface area contributed by atoms with E-state index in [4.69, 9.17) is 0 Å². The summed E-state index contributed by atoms with van der Waals surface area (Å²) in [7, 11) is 0. The van der Waals surface area contributed by atoms with E-state index in [-0.39, 0.29) is 86.3 Å². The summed E-state index contributed by atoms with van der Waals surface area (Å²) >= 11 is 0. The van der Waals surface area contributed by atoms with Gasteiger partial charge in [0.2, 0.25) is 0 Å². The maximum Gasteiger partial charge on any atom is 0 e. The molecular formula is CuInSnZn. The largest absolute Gasteiger partial charge is 0 e. The SMILES string of the molecule is [Cu].[In].[Sn].[Zn]. The molecule has 0 aromatic heterocycles. The van der Waals surface area contributed by atoms with E-state index in [1.165, 1.54) is 0 Å². The predicted molar refractivity (Wildman–Crippen MR) is 11.5 cm³/mol. The maximum absolute atomic E-state index is 0. The molecule has 0 spiro atoms. The summed E-state index contributed by atoms with van der Waals surface area (Å²) in [5.74, 6) is 0. The van der Waals surface area contributed by atoms with Crippen molar-refractivity contribution >= 4 is 49.8 Å². The van der Waals surface area contributed by atoms with E-state index in [1.54, 1.807) is 0 Å². The van der Waals surface area contributed by atoms with Crippen LogP contribution in [0.4, 0.5) is 0 Å². The van der Waals surface area contributed by atoms with Crippen LogP contribution in [0.15, 0.2) is 0 Å². The zero-order valence-corrected chi connectivity index (χ0v) is 12.1. The molecule has 4 heteroatoms. The molecule has 4 heavy (non-hydrogen) atoms. The van der Waals surface area contributed by atoms with E-state index >= 15 is 0 Å². The van der Waals surface area contributed by atoms with Crippen LogP contribution in [0, 0.1) is 0 Å². The third-order valence-corrected chi connectivity index (χ3v) is 0. The Morgan fingerprint density at radius 3 is 1.00 bits per heavy atom. The van der Waals surface area contributed by atoms with E-state index < -0.39 is 0 Å². The van der Waals surface area contributed by atoms with Crippen molar-refractivity contribution in [2.45, 2.75) is 0 Å². The summed E-state index contributed by atoms with van der Waals surface area (Å²) in [5.41, 5.74) is 0. The van der Waals surface area contributed by atoms with Gasteiger partial charge >= 0.3 is 0 Å². The number of hydrogen-bond donors (Lipinski definition) is 0. The third-order valence-electron chi connectivity index (χ3n) is 0. The smallest absolute Gasteiger partial charge is 0 e. The Morgan fingerprint density at radius 1 is 1.00 bits per heavy atom. The molecule has 0 fully saturated rings. The first-order chi connectivity index (χ1) is 0. The van der Waals surface area contributed by atoms with Crippen LogP contribution < -0.4 is 0 Å². The van der Waals surface area contributed by atoms with Crippen LogP contribution in [0.5, 0.6) is 0 Å². The quantitative estimate of drug-likeness (QED) is 0.497. The zero-order chi connectivity index (χ0) is 0. The van der Waals surface area contributed by atoms with Crippen LogP contribution in [0.2, 0.25) is 0 Å². The molecule has 0 aromatic carbocycles. The van der Waals surface area contributed by atoms with Crippen molar-refractivity contribution in [2.75, 3.05) is 0 Å². The first kappa shape index (κ1) is 29.1. The van der Waals surface area contributed by atoms with Crippen molar-refractivity contribution < 1.29 is 36.5 Å². The van der Waals surface area contributed by atoms with Gasteiger partial charge in [-0.05, 0) is 0 Å². The van der Waals surface area contributed by atoms with Crippen LogP contribution in [-0.2, 0) is 36.5 Å². The molecule has 0 N–H and O–H groups in total. The predicted octanol–water partition coefficient (Wildman–Crippen LogP) is -0.767. The minimum Gasteiger partial charge on any atom is 0 e. The van der Waals surface area contributed by atoms with Gasteiger partial charge < -0.3 is 0 Å². The molecule has 0 amide bonds. The molecule has 0 aliphatic heterocycles. The molecule has 8 radical (unpaired) electrons. The molecule has 0 bridgehead atoms. The van der Waals surface area contributed by atoms with Crippen molar-refractivity contribution in [3.8, 4) is 0 Å². The van der Waals surface area contributed by atoms with Gasteiger partial charge in [-0.25, -0.2) is 0 Å². The average molecular weight is 362 g/mol. The molecule has 0 unspecified atom stereocenters. The van der Waals surface area contributed by atoms with Crippen LogP contribution in [0.1, 0.15) is 0 Å². The summed E-state index contributed by atoms with van der Waals surface area (Å²) < 4.78 is 0. The van der Waals surface area contributed by atoms with Crippen LogP contribution in [0.3, 0.4) is 0 Å². The van der Waals surface area contributed by atoms with Gasteiger partial charge in [-0.15, -0.1) is 0 Å². The topological polar surface area (TPSA) is 0 Å². The fourth-order valence-electron chi connectivity index (χ4n) is 0. The molecular weight excluding hydrogens is 362 g/mol. The minimum atomic E-state index is 0. The van der Waals surface area contributed by atoms with Gasteiger partial charge in [0, 0.05) is 86.3 Å². The molecule has 0 saturated heterocycles. The van der Waals surface area contributed by atoms with E-state index in [0.717, 1.165) is 0 Å². The molecule has 0 rings (SSSR count). The molecule has 0 saturated carbocycles. The van der Waals surface area contributed by atoms with E-state index in [1.807, 2.05) is 0 Å². The van der Waals surface area contributed by atoms with Crippen molar-refractivity contribution in [3.05, 3.63) is 0 Å². The molecule has 0 aromatic rings. The third kappa shape index (κ3) is 8.84. The van der Waals surface area contributed by atoms with Gasteiger partial charge in [-0.2, -0.15) is 0 Å². The van der Waals surface area contributed by atoms with E-state index in [0.29, 0.717) is 0 Å². The van der Waals surface area contributed by atoms with Crippen molar-refractivity contribution in [1.82, 2.24) is 0 Å². The fraction of sp³-hybridized carbons (Fsp3) is 0. The van der Waals surface area contributed by atoms with Gasteiger partial charge in [-0.1, -0.05) is 0 Å². The van der Waals surface area contributed by atoms with Crippen LogP contribution in [0.25, 0.3) is 0 Å². The molecule has 0 aliphatic carbocycles. The summed E-state index contributed by atoms with van der Waals surface area (Å²) in [6, 6.07) is 0. The summed E-state index contributed by atoms with van der Waals surface area (Å²) in [6.07, 6.45) is 0. The second-order valence-electron chi connectivity index (χ2n) is 0. The Balaban J connectivity index is 0. The van der Waals surface area contributed by atoms with Crippen molar-refractivity contribution in [2.24, 2.45) is 0 Å². The Hall–Kier alpha value is 2.81. The number of rotatable bonds is 0. The summed E-state index contributed by atoms with van der Waals surface area (Å²) in [4.78, 5) is 0. The van der Waals surface area contributed by atoms with Gasteiger partial charge in [0.05, 0.1) is 0 Å². The van der Waals surface area contributed by atoms with Crippen molar-refractivity contribution in [3.63, 3.8) is 0 Å². The van der Waals surface area contributed by atoms with E-state index in [9.17, 15) is 0 Å².